The first-order valence-electron chi connectivity index (χ1n) is 10.6. The van der Waals surface area contributed by atoms with E-state index in [2.05, 4.69) is 25.6 Å². The average molecular weight is 459 g/mol. The first-order valence-corrected chi connectivity index (χ1v) is 11.0. The maximum Gasteiger partial charge on any atom is 0.287 e. The van der Waals surface area contributed by atoms with Gasteiger partial charge in [0.15, 0.2) is 11.6 Å². The van der Waals surface area contributed by atoms with Gasteiger partial charge in [0.2, 0.25) is 5.95 Å². The lowest BCUT2D eigenvalue weighted by Gasteiger charge is -2.33. The number of ether oxygens (including phenoxy) is 1. The molecule has 0 unspecified atom stereocenters. The number of halogens is 2. The summed E-state index contributed by atoms with van der Waals surface area (Å²) in [7, 11) is 0. The van der Waals surface area contributed by atoms with Crippen LogP contribution in [0.25, 0.3) is 22.3 Å². The summed E-state index contributed by atoms with van der Waals surface area (Å²) in [5, 5.41) is 16.7. The van der Waals surface area contributed by atoms with E-state index in [4.69, 9.17) is 16.3 Å². The van der Waals surface area contributed by atoms with Gasteiger partial charge in [-0.2, -0.15) is 0 Å². The number of anilines is 1. The molecule has 2 aromatic heterocycles. The fourth-order valence-electron chi connectivity index (χ4n) is 4.87. The highest BCUT2D eigenvalue weighted by Crippen LogP contribution is 2.35. The van der Waals surface area contributed by atoms with E-state index in [0.29, 0.717) is 42.2 Å². The third-order valence-corrected chi connectivity index (χ3v) is 6.69. The molecule has 0 aliphatic carbocycles. The maximum atomic E-state index is 14.9. The second-order valence-corrected chi connectivity index (χ2v) is 8.82. The largest absolute Gasteiger partial charge is 0.388 e. The van der Waals surface area contributed by atoms with E-state index in [0.717, 1.165) is 12.8 Å². The smallest absolute Gasteiger partial charge is 0.287 e. The molecule has 6 rings (SSSR count). The summed E-state index contributed by atoms with van der Waals surface area (Å²) in [6.45, 7) is 0.940. The maximum absolute atomic E-state index is 14.9. The van der Waals surface area contributed by atoms with Gasteiger partial charge >= 0.3 is 0 Å². The van der Waals surface area contributed by atoms with Crippen molar-refractivity contribution in [2.75, 3.05) is 11.9 Å². The lowest BCUT2D eigenvalue weighted by atomic mass is 10.0. The van der Waals surface area contributed by atoms with Crippen LogP contribution >= 0.6 is 11.6 Å². The highest BCUT2D eigenvalue weighted by atomic mass is 35.5. The van der Waals surface area contributed by atoms with Crippen LogP contribution in [0.15, 0.2) is 18.3 Å². The minimum Gasteiger partial charge on any atom is -0.388 e. The Bertz CT molecular complexity index is 1250. The minimum atomic E-state index is -0.658. The predicted octanol–water partition coefficient (Wildman–Crippen LogP) is 2.12. The molecular formula is C21H20ClFN6O3. The Morgan fingerprint density at radius 2 is 2.19 bits per heavy atom. The van der Waals surface area contributed by atoms with Crippen molar-refractivity contribution in [3.05, 3.63) is 35.0 Å². The number of fused-ring (bicyclic) bond motifs is 5. The van der Waals surface area contributed by atoms with Crippen LogP contribution in [0.1, 0.15) is 29.9 Å². The molecule has 32 heavy (non-hydrogen) atoms. The topological polar surface area (TPSA) is 114 Å². The fourth-order valence-corrected chi connectivity index (χ4v) is 5.07. The Labute approximate surface area is 187 Å². The van der Waals surface area contributed by atoms with Gasteiger partial charge in [0, 0.05) is 18.7 Å². The van der Waals surface area contributed by atoms with Crippen molar-refractivity contribution in [1.29, 1.82) is 0 Å². The number of rotatable bonds is 3. The molecule has 4 atom stereocenters. The second kappa shape index (κ2) is 7.36. The van der Waals surface area contributed by atoms with Crippen LogP contribution in [-0.2, 0) is 11.3 Å². The van der Waals surface area contributed by atoms with Gasteiger partial charge in [0.1, 0.15) is 11.6 Å². The molecule has 166 valence electrons. The minimum absolute atomic E-state index is 0.120. The zero-order valence-corrected chi connectivity index (χ0v) is 17.6. The second-order valence-electron chi connectivity index (χ2n) is 8.41. The van der Waals surface area contributed by atoms with Gasteiger partial charge in [-0.15, -0.1) is 0 Å². The number of benzene rings is 1. The van der Waals surface area contributed by atoms with Crippen molar-refractivity contribution < 1.29 is 19.0 Å². The molecule has 2 saturated heterocycles. The summed E-state index contributed by atoms with van der Waals surface area (Å²) in [5.41, 5.74) is 1.44. The summed E-state index contributed by atoms with van der Waals surface area (Å²) in [4.78, 5) is 25.0. The van der Waals surface area contributed by atoms with E-state index in [-0.39, 0.29) is 40.5 Å². The molecule has 0 radical (unpaired) electrons. The number of aliphatic hydroxyl groups excluding tert-OH is 1. The van der Waals surface area contributed by atoms with Gasteiger partial charge < -0.3 is 25.0 Å². The van der Waals surface area contributed by atoms with Gasteiger partial charge in [-0.25, -0.2) is 19.3 Å². The van der Waals surface area contributed by atoms with Crippen LogP contribution in [0.2, 0.25) is 5.02 Å². The van der Waals surface area contributed by atoms with Crippen LogP contribution in [0.3, 0.4) is 0 Å². The first kappa shape index (κ1) is 19.8. The zero-order chi connectivity index (χ0) is 22.0. The first-order chi connectivity index (χ1) is 15.5. The number of amides is 1. The summed E-state index contributed by atoms with van der Waals surface area (Å²) in [6, 6.07) is 2.80. The Morgan fingerprint density at radius 3 is 3.06 bits per heavy atom. The lowest BCUT2D eigenvalue weighted by molar-refractivity contribution is -0.0811. The van der Waals surface area contributed by atoms with E-state index in [1.54, 1.807) is 10.6 Å². The van der Waals surface area contributed by atoms with Crippen molar-refractivity contribution >= 4 is 34.5 Å². The average Bonchev–Trinajstić information content (AvgIpc) is 3.36. The van der Waals surface area contributed by atoms with Crippen LogP contribution in [0.5, 0.6) is 0 Å². The molecule has 3 aromatic rings. The van der Waals surface area contributed by atoms with Crippen LogP contribution in [0, 0.1) is 5.82 Å². The molecule has 5 heterocycles. The highest BCUT2D eigenvalue weighted by Gasteiger charge is 2.42. The Hall–Kier alpha value is -2.82. The molecule has 9 nitrogen and oxygen atoms in total. The standard InChI is InChI=1S/C21H20ClFN6O3/c22-11-8-25-21(26-13-7-10-1-2-15(32-10)18(13)30)28-16(11)9-5-12(23)17-14(6-9)29-4-3-24-20(31)19(29)27-17/h5-6,8,10,13,15,18,30H,1-4,7H2,(H,24,31)(H,25,26,28)/t10-,13-,15+,18+/m1/s1. The number of aliphatic hydroxyl groups is 1. The van der Waals surface area contributed by atoms with E-state index in [1.807, 2.05) is 0 Å². The molecular weight excluding hydrogens is 439 g/mol. The molecule has 0 spiro atoms. The lowest BCUT2D eigenvalue weighted by Crippen LogP contribution is -2.47. The van der Waals surface area contributed by atoms with E-state index in [1.165, 1.54) is 12.3 Å². The van der Waals surface area contributed by atoms with Gasteiger partial charge in [0.25, 0.3) is 5.91 Å². The molecule has 3 aliphatic rings. The summed E-state index contributed by atoms with van der Waals surface area (Å²) in [5.74, 6) is -0.414. The third kappa shape index (κ3) is 3.13. The number of hydrogen-bond acceptors (Lipinski definition) is 7. The summed E-state index contributed by atoms with van der Waals surface area (Å²) in [6.07, 6.45) is 3.16. The predicted molar refractivity (Wildman–Crippen MR) is 114 cm³/mol. The fraction of sp³-hybridized carbons (Fsp3) is 0.429. The van der Waals surface area contributed by atoms with E-state index < -0.39 is 11.9 Å². The van der Waals surface area contributed by atoms with E-state index in [9.17, 15) is 14.3 Å². The van der Waals surface area contributed by atoms with Gasteiger partial charge in [-0.1, -0.05) is 11.6 Å². The number of carbonyl (C=O) groups excluding carboxylic acids is 1. The number of nitrogens with zero attached hydrogens (tertiary/aromatic N) is 4. The molecule has 3 N–H and O–H groups in total. The van der Waals surface area contributed by atoms with Crippen molar-refractivity contribution in [3.63, 3.8) is 0 Å². The van der Waals surface area contributed by atoms with Crippen LogP contribution in [0.4, 0.5) is 10.3 Å². The van der Waals surface area contributed by atoms with Gasteiger partial charge in [-0.3, -0.25) is 4.79 Å². The number of hydrogen-bond donors (Lipinski definition) is 3. The number of imidazole rings is 1. The Kier molecular flexibility index (Phi) is 4.56. The van der Waals surface area contributed by atoms with Gasteiger partial charge in [0.05, 0.1) is 40.7 Å². The van der Waals surface area contributed by atoms with E-state index >= 15 is 0 Å². The molecule has 2 fully saturated rings. The zero-order valence-electron chi connectivity index (χ0n) is 16.9. The van der Waals surface area contributed by atoms with Crippen LogP contribution < -0.4 is 10.6 Å². The monoisotopic (exact) mass is 458 g/mol. The normalized spacial score (nSPS) is 26.8. The SMILES string of the molecule is O=C1NCCn2c1nc1c(F)cc(-c3nc(N[C@@H]4C[C@H]5CC[C@H](O5)[C@H]4O)ncc3Cl)cc12. The van der Waals surface area contributed by atoms with Crippen LogP contribution in [-0.4, -0.2) is 61.4 Å². The number of aromatic nitrogens is 4. The third-order valence-electron chi connectivity index (χ3n) is 6.41. The molecule has 11 heteroatoms. The number of carbonyl (C=O) groups is 1. The van der Waals surface area contributed by atoms with Crippen molar-refractivity contribution in [3.8, 4) is 11.3 Å². The summed E-state index contributed by atoms with van der Waals surface area (Å²) >= 11 is 6.37. The Balaban J connectivity index is 1.37. The Morgan fingerprint density at radius 1 is 1.31 bits per heavy atom. The van der Waals surface area contributed by atoms with Gasteiger partial charge in [-0.05, 0) is 31.4 Å². The molecule has 0 saturated carbocycles. The molecule has 1 amide bonds. The quantitative estimate of drug-likeness (QED) is 0.550. The van der Waals surface area contributed by atoms with Crippen molar-refractivity contribution in [1.82, 2.24) is 24.8 Å². The molecule has 3 aliphatic heterocycles. The van der Waals surface area contributed by atoms with Crippen molar-refractivity contribution in [2.24, 2.45) is 0 Å². The van der Waals surface area contributed by atoms with Crippen molar-refractivity contribution in [2.45, 2.75) is 50.2 Å². The molecule has 1 aromatic carbocycles. The summed E-state index contributed by atoms with van der Waals surface area (Å²) < 4.78 is 22.4. The highest BCUT2D eigenvalue weighted by molar-refractivity contribution is 6.33. The number of nitrogens with one attached hydrogen (secondary N) is 2. The molecule has 2 bridgehead atoms.